The van der Waals surface area contributed by atoms with E-state index >= 15 is 0 Å². The van der Waals surface area contributed by atoms with Crippen molar-refractivity contribution in [2.24, 2.45) is 0 Å². The minimum atomic E-state index is -0.916. The van der Waals surface area contributed by atoms with E-state index in [1.807, 2.05) is 18.4 Å². The van der Waals surface area contributed by atoms with Gasteiger partial charge in [0.1, 0.15) is 5.03 Å². The van der Waals surface area contributed by atoms with Gasteiger partial charge in [0.25, 0.3) is 5.91 Å². The van der Waals surface area contributed by atoms with Gasteiger partial charge < -0.3 is 10.1 Å². The van der Waals surface area contributed by atoms with E-state index in [4.69, 9.17) is 4.74 Å². The minimum Gasteiger partial charge on any atom is -0.449 e. The predicted octanol–water partition coefficient (Wildman–Crippen LogP) is 3.75. The Morgan fingerprint density at radius 3 is 2.61 bits per heavy atom. The number of thioether (sulfide) groups is 1. The number of hydrogen-bond acceptors (Lipinski definition) is 5. The molecule has 7 heteroatoms. The van der Waals surface area contributed by atoms with E-state index in [1.165, 1.54) is 18.7 Å². The largest absolute Gasteiger partial charge is 0.449 e. The summed E-state index contributed by atoms with van der Waals surface area (Å²) in [4.78, 5) is 28.4. The van der Waals surface area contributed by atoms with Crippen LogP contribution in [0.15, 0.2) is 52.1 Å². The number of carbonyl (C=O) groups is 2. The van der Waals surface area contributed by atoms with E-state index in [9.17, 15) is 9.59 Å². The van der Waals surface area contributed by atoms with Gasteiger partial charge in [-0.3, -0.25) is 4.79 Å². The molecule has 1 aromatic carbocycles. The highest BCUT2D eigenvalue weighted by Gasteiger charge is 2.21. The van der Waals surface area contributed by atoms with Crippen molar-refractivity contribution in [3.63, 3.8) is 0 Å². The van der Waals surface area contributed by atoms with Crippen LogP contribution in [-0.2, 0) is 9.53 Å². The van der Waals surface area contributed by atoms with Crippen molar-refractivity contribution >= 4 is 45.3 Å². The monoisotopic (exact) mass is 394 g/mol. The van der Waals surface area contributed by atoms with Crippen LogP contribution in [0.2, 0.25) is 0 Å². The normalized spacial score (nSPS) is 11.6. The third-order valence-corrected chi connectivity index (χ3v) is 4.19. The smallest absolute Gasteiger partial charge is 0.341 e. The Morgan fingerprint density at radius 2 is 1.96 bits per heavy atom. The first kappa shape index (κ1) is 17.5. The van der Waals surface area contributed by atoms with Crippen LogP contribution < -0.4 is 5.32 Å². The summed E-state index contributed by atoms with van der Waals surface area (Å²) in [6.45, 7) is 1.53. The van der Waals surface area contributed by atoms with Gasteiger partial charge in [0, 0.05) is 16.4 Å². The molecular formula is C16H15BrN2O3S. The maximum absolute atomic E-state index is 12.2. The van der Waals surface area contributed by atoms with E-state index in [0.29, 0.717) is 16.3 Å². The highest BCUT2D eigenvalue weighted by molar-refractivity contribution is 9.10. The number of carbonyl (C=O) groups excluding carboxylic acids is 2. The van der Waals surface area contributed by atoms with Gasteiger partial charge in [0.15, 0.2) is 6.10 Å². The van der Waals surface area contributed by atoms with Gasteiger partial charge in [-0.2, -0.15) is 0 Å². The molecule has 0 bridgehead atoms. The van der Waals surface area contributed by atoms with Gasteiger partial charge in [-0.05, 0) is 49.6 Å². The third kappa shape index (κ3) is 4.80. The molecule has 1 heterocycles. The van der Waals surface area contributed by atoms with Crippen LogP contribution >= 0.6 is 27.7 Å². The molecule has 0 unspecified atom stereocenters. The molecule has 1 N–H and O–H groups in total. The number of nitrogens with one attached hydrogen (secondary N) is 1. The molecular weight excluding hydrogens is 380 g/mol. The van der Waals surface area contributed by atoms with Crippen molar-refractivity contribution in [3.8, 4) is 0 Å². The topological polar surface area (TPSA) is 68.3 Å². The molecule has 0 spiro atoms. The number of halogens is 1. The Labute approximate surface area is 147 Å². The zero-order valence-electron chi connectivity index (χ0n) is 12.6. The summed E-state index contributed by atoms with van der Waals surface area (Å²) < 4.78 is 6.14. The molecule has 0 fully saturated rings. The molecule has 0 aliphatic rings. The third-order valence-electron chi connectivity index (χ3n) is 2.95. The molecule has 1 amide bonds. The molecule has 0 radical (unpaired) electrons. The number of hydrogen-bond donors (Lipinski definition) is 1. The first-order valence-electron chi connectivity index (χ1n) is 6.77. The summed E-state index contributed by atoms with van der Waals surface area (Å²) in [6, 6.07) is 10.4. The number of pyridine rings is 1. The molecule has 2 aromatic rings. The van der Waals surface area contributed by atoms with Crippen LogP contribution in [0.4, 0.5) is 5.69 Å². The summed E-state index contributed by atoms with van der Waals surface area (Å²) in [5.74, 6) is -0.962. The number of amides is 1. The average molecular weight is 395 g/mol. The second-order valence-corrected chi connectivity index (χ2v) is 6.31. The molecule has 5 nitrogen and oxygen atoms in total. The minimum absolute atomic E-state index is 0.350. The molecule has 0 saturated heterocycles. The van der Waals surface area contributed by atoms with Crippen LogP contribution in [0.5, 0.6) is 0 Å². The number of ether oxygens (including phenoxy) is 1. The van der Waals surface area contributed by atoms with Gasteiger partial charge in [-0.1, -0.05) is 15.9 Å². The maximum Gasteiger partial charge on any atom is 0.341 e. The molecule has 2 rings (SSSR count). The molecule has 0 aliphatic carbocycles. The lowest BCUT2D eigenvalue weighted by Crippen LogP contribution is -2.30. The summed E-state index contributed by atoms with van der Waals surface area (Å²) >= 11 is 4.67. The van der Waals surface area contributed by atoms with E-state index in [1.54, 1.807) is 30.5 Å². The fourth-order valence-corrected chi connectivity index (χ4v) is 2.57. The number of nitrogens with zero attached hydrogens (tertiary/aromatic N) is 1. The number of aromatic nitrogens is 1. The van der Waals surface area contributed by atoms with Crippen LogP contribution in [0.3, 0.4) is 0 Å². The Hall–Kier alpha value is -1.86. The average Bonchev–Trinajstić information content (AvgIpc) is 2.56. The van der Waals surface area contributed by atoms with Crippen molar-refractivity contribution in [1.82, 2.24) is 4.98 Å². The fraction of sp³-hybridized carbons (Fsp3) is 0.188. The van der Waals surface area contributed by atoms with Gasteiger partial charge >= 0.3 is 5.97 Å². The van der Waals surface area contributed by atoms with E-state index < -0.39 is 18.0 Å². The van der Waals surface area contributed by atoms with Crippen LogP contribution in [0.25, 0.3) is 0 Å². The lowest BCUT2D eigenvalue weighted by atomic mass is 10.2. The number of rotatable bonds is 5. The second-order valence-electron chi connectivity index (χ2n) is 4.60. The first-order valence-corrected chi connectivity index (χ1v) is 8.79. The van der Waals surface area contributed by atoms with Gasteiger partial charge in [-0.25, -0.2) is 9.78 Å². The van der Waals surface area contributed by atoms with Crippen molar-refractivity contribution in [1.29, 1.82) is 0 Å². The van der Waals surface area contributed by atoms with Crippen molar-refractivity contribution in [3.05, 3.63) is 52.6 Å². The Kier molecular flexibility index (Phi) is 6.18. The van der Waals surface area contributed by atoms with Gasteiger partial charge in [0.05, 0.1) is 5.56 Å². The van der Waals surface area contributed by atoms with Crippen LogP contribution in [-0.4, -0.2) is 29.2 Å². The summed E-state index contributed by atoms with van der Waals surface area (Å²) in [5, 5.41) is 3.26. The standard InChI is InChI=1S/C16H15BrN2O3S/c1-10(14(20)19-12-7-5-11(17)6-8-12)22-16(21)13-4-3-9-18-15(13)23-2/h3-10H,1-2H3,(H,19,20)/t10-/m0/s1. The zero-order chi connectivity index (χ0) is 16.8. The summed E-state index contributed by atoms with van der Waals surface area (Å²) in [6.07, 6.45) is 2.51. The van der Waals surface area contributed by atoms with E-state index in [-0.39, 0.29) is 0 Å². The molecule has 0 aliphatic heterocycles. The highest BCUT2D eigenvalue weighted by Crippen LogP contribution is 2.19. The molecule has 1 aromatic heterocycles. The fourth-order valence-electron chi connectivity index (χ4n) is 1.76. The SMILES string of the molecule is CSc1ncccc1C(=O)O[C@@H](C)C(=O)Nc1ccc(Br)cc1. The highest BCUT2D eigenvalue weighted by atomic mass is 79.9. The number of esters is 1. The Bertz CT molecular complexity index is 707. The number of benzene rings is 1. The van der Waals surface area contributed by atoms with Gasteiger partial charge in [-0.15, -0.1) is 11.8 Å². The van der Waals surface area contributed by atoms with Gasteiger partial charge in [0.2, 0.25) is 0 Å². The predicted molar refractivity (Wildman–Crippen MR) is 93.7 cm³/mol. The van der Waals surface area contributed by atoms with E-state index in [0.717, 1.165) is 4.47 Å². The van der Waals surface area contributed by atoms with Crippen molar-refractivity contribution in [2.45, 2.75) is 18.1 Å². The molecule has 1 atom stereocenters. The Balaban J connectivity index is 2.00. The Morgan fingerprint density at radius 1 is 1.26 bits per heavy atom. The van der Waals surface area contributed by atoms with Crippen LogP contribution in [0.1, 0.15) is 17.3 Å². The summed E-state index contributed by atoms with van der Waals surface area (Å²) in [7, 11) is 0. The zero-order valence-corrected chi connectivity index (χ0v) is 15.0. The molecule has 23 heavy (non-hydrogen) atoms. The lowest BCUT2D eigenvalue weighted by Gasteiger charge is -2.14. The van der Waals surface area contributed by atoms with Crippen molar-refractivity contribution in [2.75, 3.05) is 11.6 Å². The van der Waals surface area contributed by atoms with Crippen LogP contribution in [0, 0.1) is 0 Å². The molecule has 0 saturated carbocycles. The lowest BCUT2D eigenvalue weighted by molar-refractivity contribution is -0.123. The summed E-state index contributed by atoms with van der Waals surface area (Å²) in [5.41, 5.74) is 0.982. The quantitative estimate of drug-likeness (QED) is 0.617. The first-order chi connectivity index (χ1) is 11.0. The van der Waals surface area contributed by atoms with E-state index in [2.05, 4.69) is 26.2 Å². The number of anilines is 1. The second kappa shape index (κ2) is 8.12. The molecule has 120 valence electrons. The van der Waals surface area contributed by atoms with Crippen molar-refractivity contribution < 1.29 is 14.3 Å². The maximum atomic E-state index is 12.2.